The highest BCUT2D eigenvalue weighted by molar-refractivity contribution is 6.24. The van der Waals surface area contributed by atoms with E-state index >= 15 is 0 Å². The number of aromatic nitrogens is 1. The van der Waals surface area contributed by atoms with Gasteiger partial charge in [0.1, 0.15) is 11.6 Å². The van der Waals surface area contributed by atoms with Crippen molar-refractivity contribution in [2.45, 2.75) is 11.8 Å². The molecule has 2 rings (SSSR count). The number of carbonyl (C=O) groups is 1. The van der Waals surface area contributed by atoms with Crippen LogP contribution in [0.4, 0.5) is 11.6 Å². The quantitative estimate of drug-likeness (QED) is 0.706. The van der Waals surface area contributed by atoms with Gasteiger partial charge in [-0.2, -0.15) is 0 Å². The normalized spacial score (nSPS) is 21.6. The minimum atomic E-state index is -0.120. The minimum absolute atomic E-state index is 0.00287. The molecule has 5 heteroatoms. The maximum absolute atomic E-state index is 11.5. The van der Waals surface area contributed by atoms with Crippen molar-refractivity contribution in [3.63, 3.8) is 0 Å². The van der Waals surface area contributed by atoms with Gasteiger partial charge in [-0.05, 0) is 12.1 Å². The van der Waals surface area contributed by atoms with Gasteiger partial charge in [-0.25, -0.2) is 4.98 Å². The van der Waals surface area contributed by atoms with Gasteiger partial charge >= 0.3 is 0 Å². The molecule has 1 aliphatic rings. The first-order chi connectivity index (χ1) is 6.66. The average Bonchev–Trinajstić information content (AvgIpc) is 2.45. The van der Waals surface area contributed by atoms with E-state index in [9.17, 15) is 4.79 Å². The molecule has 1 amide bonds. The molecule has 0 aromatic carbocycles. The lowest BCUT2D eigenvalue weighted by Crippen LogP contribution is -2.25. The van der Waals surface area contributed by atoms with E-state index in [4.69, 9.17) is 17.3 Å². The van der Waals surface area contributed by atoms with Gasteiger partial charge in [-0.15, -0.1) is 11.6 Å². The van der Waals surface area contributed by atoms with E-state index in [0.29, 0.717) is 24.6 Å². The average molecular weight is 212 g/mol. The number of amides is 1. The number of rotatable bonds is 1. The van der Waals surface area contributed by atoms with Gasteiger partial charge in [0.25, 0.3) is 0 Å². The molecule has 0 bridgehead atoms. The second-order valence-electron chi connectivity index (χ2n) is 3.23. The predicted octanol–water partition coefficient (Wildman–Crippen LogP) is 1.01. The Bertz CT molecular complexity index is 369. The maximum atomic E-state index is 11.5. The van der Waals surface area contributed by atoms with E-state index < -0.39 is 0 Å². The lowest BCUT2D eigenvalue weighted by atomic mass is 10.4. The highest BCUT2D eigenvalue weighted by Gasteiger charge is 2.29. The Kier molecular flexibility index (Phi) is 2.29. The number of nitrogens with two attached hydrogens (primary N) is 1. The molecular weight excluding hydrogens is 202 g/mol. The zero-order valence-corrected chi connectivity index (χ0v) is 8.24. The fraction of sp³-hybridized carbons (Fsp3) is 0.333. The Balaban J connectivity index is 2.27. The molecule has 0 radical (unpaired) electrons. The van der Waals surface area contributed by atoms with Gasteiger partial charge in [0.15, 0.2) is 0 Å². The Morgan fingerprint density at radius 1 is 1.57 bits per heavy atom. The van der Waals surface area contributed by atoms with E-state index in [1.54, 1.807) is 23.1 Å². The van der Waals surface area contributed by atoms with Crippen LogP contribution in [-0.2, 0) is 4.79 Å². The zero-order chi connectivity index (χ0) is 10.1. The summed E-state index contributed by atoms with van der Waals surface area (Å²) < 4.78 is 0. The standard InChI is InChI=1S/C9H10ClN3O/c10-6-4-9(14)13(5-6)8-3-1-2-7(11)12-8/h1-3,6H,4-5H2,(H2,11,12). The third-order valence-corrected chi connectivity index (χ3v) is 2.40. The smallest absolute Gasteiger partial charge is 0.229 e. The van der Waals surface area contributed by atoms with Crippen LogP contribution < -0.4 is 10.6 Å². The predicted molar refractivity (Wildman–Crippen MR) is 55.3 cm³/mol. The Labute approximate surface area is 86.7 Å². The van der Waals surface area contributed by atoms with Crippen molar-refractivity contribution in [2.75, 3.05) is 17.2 Å². The number of alkyl halides is 1. The van der Waals surface area contributed by atoms with Crippen LogP contribution in [0, 0.1) is 0 Å². The number of pyridine rings is 1. The van der Waals surface area contributed by atoms with Gasteiger partial charge in [-0.3, -0.25) is 9.69 Å². The topological polar surface area (TPSA) is 59.2 Å². The first-order valence-electron chi connectivity index (χ1n) is 4.34. The number of nitrogen functional groups attached to an aromatic ring is 1. The molecule has 0 saturated carbocycles. The molecule has 1 unspecified atom stereocenters. The molecule has 1 aliphatic heterocycles. The van der Waals surface area contributed by atoms with E-state index in [1.807, 2.05) is 0 Å². The van der Waals surface area contributed by atoms with Gasteiger partial charge in [0, 0.05) is 13.0 Å². The van der Waals surface area contributed by atoms with Gasteiger partial charge in [0.2, 0.25) is 5.91 Å². The van der Waals surface area contributed by atoms with Crippen LogP contribution in [0.1, 0.15) is 6.42 Å². The Morgan fingerprint density at radius 3 is 2.93 bits per heavy atom. The van der Waals surface area contributed by atoms with Crippen LogP contribution in [0.25, 0.3) is 0 Å². The van der Waals surface area contributed by atoms with Crippen molar-refractivity contribution in [3.8, 4) is 0 Å². The number of hydrogen-bond acceptors (Lipinski definition) is 3. The molecule has 2 heterocycles. The van der Waals surface area contributed by atoms with E-state index in [1.165, 1.54) is 0 Å². The highest BCUT2D eigenvalue weighted by atomic mass is 35.5. The van der Waals surface area contributed by atoms with Crippen LogP contribution in [0.2, 0.25) is 0 Å². The third-order valence-electron chi connectivity index (χ3n) is 2.11. The first-order valence-corrected chi connectivity index (χ1v) is 4.77. The number of anilines is 2. The lowest BCUT2D eigenvalue weighted by Gasteiger charge is -2.14. The fourth-order valence-electron chi connectivity index (χ4n) is 1.48. The van der Waals surface area contributed by atoms with Crippen molar-refractivity contribution in [3.05, 3.63) is 18.2 Å². The minimum Gasteiger partial charge on any atom is -0.384 e. The van der Waals surface area contributed by atoms with E-state index in [0.717, 1.165) is 0 Å². The summed E-state index contributed by atoms with van der Waals surface area (Å²) in [7, 11) is 0. The molecule has 1 aromatic heterocycles. The molecule has 14 heavy (non-hydrogen) atoms. The van der Waals surface area contributed by atoms with Crippen LogP contribution in [0.3, 0.4) is 0 Å². The molecule has 1 saturated heterocycles. The first kappa shape index (κ1) is 9.27. The monoisotopic (exact) mass is 211 g/mol. The van der Waals surface area contributed by atoms with Crippen LogP contribution in [0.15, 0.2) is 18.2 Å². The third kappa shape index (κ3) is 1.65. The molecule has 0 aliphatic carbocycles. The summed E-state index contributed by atoms with van der Waals surface area (Å²) in [4.78, 5) is 17.1. The van der Waals surface area contributed by atoms with Gasteiger partial charge in [-0.1, -0.05) is 6.07 Å². The second kappa shape index (κ2) is 3.46. The second-order valence-corrected chi connectivity index (χ2v) is 3.84. The SMILES string of the molecule is Nc1cccc(N2CC(Cl)CC2=O)n1. The van der Waals surface area contributed by atoms with Gasteiger partial charge < -0.3 is 5.73 Å². The molecule has 74 valence electrons. The highest BCUT2D eigenvalue weighted by Crippen LogP contribution is 2.22. The molecule has 1 aromatic rings. The molecule has 1 atom stereocenters. The fourth-order valence-corrected chi connectivity index (χ4v) is 1.75. The summed E-state index contributed by atoms with van der Waals surface area (Å²) in [5, 5.41) is -0.120. The van der Waals surface area contributed by atoms with Crippen LogP contribution in [0.5, 0.6) is 0 Å². The molecule has 1 fully saturated rings. The number of hydrogen-bond donors (Lipinski definition) is 1. The largest absolute Gasteiger partial charge is 0.384 e. The van der Waals surface area contributed by atoms with Crippen molar-refractivity contribution in [1.82, 2.24) is 4.98 Å². The van der Waals surface area contributed by atoms with Crippen LogP contribution in [-0.4, -0.2) is 22.8 Å². The Morgan fingerprint density at radius 2 is 2.36 bits per heavy atom. The summed E-state index contributed by atoms with van der Waals surface area (Å²) in [6.45, 7) is 0.511. The molecule has 2 N–H and O–H groups in total. The maximum Gasteiger partial charge on any atom is 0.229 e. The molecule has 4 nitrogen and oxygen atoms in total. The molecule has 0 spiro atoms. The van der Waals surface area contributed by atoms with E-state index in [-0.39, 0.29) is 11.3 Å². The van der Waals surface area contributed by atoms with E-state index in [2.05, 4.69) is 4.98 Å². The van der Waals surface area contributed by atoms with Crippen LogP contribution >= 0.6 is 11.6 Å². The number of halogens is 1. The van der Waals surface area contributed by atoms with Crippen molar-refractivity contribution < 1.29 is 4.79 Å². The summed E-state index contributed by atoms with van der Waals surface area (Å²) in [6, 6.07) is 5.21. The Hall–Kier alpha value is -1.29. The summed E-state index contributed by atoms with van der Waals surface area (Å²) in [6.07, 6.45) is 0.373. The number of carbonyl (C=O) groups excluding carboxylic acids is 1. The summed E-state index contributed by atoms with van der Waals surface area (Å²) in [5.74, 6) is 0.995. The van der Waals surface area contributed by atoms with Crippen molar-refractivity contribution in [1.29, 1.82) is 0 Å². The van der Waals surface area contributed by atoms with Crippen molar-refractivity contribution in [2.24, 2.45) is 0 Å². The summed E-state index contributed by atoms with van der Waals surface area (Å²) in [5.41, 5.74) is 5.52. The van der Waals surface area contributed by atoms with Crippen molar-refractivity contribution >= 4 is 29.1 Å². The molecular formula is C9H10ClN3O. The number of nitrogens with zero attached hydrogens (tertiary/aromatic N) is 2. The zero-order valence-electron chi connectivity index (χ0n) is 7.48. The lowest BCUT2D eigenvalue weighted by molar-refractivity contribution is -0.117. The summed E-state index contributed by atoms with van der Waals surface area (Å²) >= 11 is 5.87. The van der Waals surface area contributed by atoms with Gasteiger partial charge in [0.05, 0.1) is 5.38 Å².